The van der Waals surface area contributed by atoms with Crippen LogP contribution in [0.1, 0.15) is 28.7 Å². The van der Waals surface area contributed by atoms with Crippen LogP contribution in [-0.2, 0) is 20.1 Å². The normalized spacial score (nSPS) is 13.3. The summed E-state index contributed by atoms with van der Waals surface area (Å²) in [5.74, 6) is 0.0268. The van der Waals surface area contributed by atoms with Crippen LogP contribution in [0.3, 0.4) is 0 Å². The van der Waals surface area contributed by atoms with Crippen LogP contribution >= 0.6 is 0 Å². The number of aromatic nitrogens is 6. The first-order valence-electron chi connectivity index (χ1n) is 10.6. The van der Waals surface area contributed by atoms with Crippen LogP contribution in [0.5, 0.6) is 0 Å². The summed E-state index contributed by atoms with van der Waals surface area (Å²) in [5, 5.41) is 6.24. The van der Waals surface area contributed by atoms with Crippen molar-refractivity contribution in [3.8, 4) is 11.3 Å². The molecule has 4 N–H and O–H groups in total. The SMILES string of the molecule is CCN1Cc2cc(Nc3nc(NC)c(-c4cncc5c4ncn5C)nc3C(N)=O)cnc2C1. The maximum atomic E-state index is 12.3. The molecule has 11 heteroatoms. The molecular formula is C22H24N10O. The molecule has 4 aromatic heterocycles. The molecular weight excluding hydrogens is 420 g/mol. The molecule has 0 radical (unpaired) electrons. The van der Waals surface area contributed by atoms with E-state index >= 15 is 0 Å². The molecule has 1 amide bonds. The number of pyridine rings is 2. The molecule has 0 aliphatic carbocycles. The van der Waals surface area contributed by atoms with Gasteiger partial charge in [-0.2, -0.15) is 0 Å². The molecule has 0 bridgehead atoms. The molecule has 11 nitrogen and oxygen atoms in total. The van der Waals surface area contributed by atoms with Crippen LogP contribution in [0, 0.1) is 0 Å². The lowest BCUT2D eigenvalue weighted by molar-refractivity contribution is 0.0996. The van der Waals surface area contributed by atoms with Crippen molar-refractivity contribution >= 4 is 34.3 Å². The lowest BCUT2D eigenvalue weighted by Crippen LogP contribution is -2.18. The van der Waals surface area contributed by atoms with Gasteiger partial charge in [-0.3, -0.25) is 19.7 Å². The fraction of sp³-hybridized carbons (Fsp3) is 0.273. The Morgan fingerprint density at radius 2 is 2.00 bits per heavy atom. The van der Waals surface area contributed by atoms with Gasteiger partial charge in [-0.1, -0.05) is 6.92 Å². The Kier molecular flexibility index (Phi) is 5.09. The highest BCUT2D eigenvalue weighted by Crippen LogP contribution is 2.32. The second-order valence-corrected chi connectivity index (χ2v) is 7.90. The van der Waals surface area contributed by atoms with E-state index in [-0.39, 0.29) is 11.5 Å². The van der Waals surface area contributed by atoms with Crippen molar-refractivity contribution in [1.82, 2.24) is 34.4 Å². The molecule has 0 saturated heterocycles. The Hall–Kier alpha value is -4.12. The maximum absolute atomic E-state index is 12.3. The quantitative estimate of drug-likeness (QED) is 0.407. The topological polar surface area (TPSA) is 140 Å². The summed E-state index contributed by atoms with van der Waals surface area (Å²) in [6, 6.07) is 2.02. The highest BCUT2D eigenvalue weighted by Gasteiger charge is 2.23. The minimum Gasteiger partial charge on any atom is -0.371 e. The fourth-order valence-electron chi connectivity index (χ4n) is 4.03. The Labute approximate surface area is 190 Å². The Morgan fingerprint density at radius 1 is 1.15 bits per heavy atom. The van der Waals surface area contributed by atoms with Gasteiger partial charge in [0.05, 0.1) is 41.2 Å². The van der Waals surface area contributed by atoms with Gasteiger partial charge in [-0.25, -0.2) is 15.0 Å². The number of hydrogen-bond donors (Lipinski definition) is 3. The zero-order valence-electron chi connectivity index (χ0n) is 18.6. The third kappa shape index (κ3) is 3.61. The number of primary amides is 1. The minimum atomic E-state index is -0.693. The predicted molar refractivity (Wildman–Crippen MR) is 125 cm³/mol. The molecule has 5 heterocycles. The summed E-state index contributed by atoms with van der Waals surface area (Å²) in [5.41, 5.74) is 11.3. The largest absolute Gasteiger partial charge is 0.371 e. The van der Waals surface area contributed by atoms with Crippen molar-refractivity contribution in [3.63, 3.8) is 0 Å². The van der Waals surface area contributed by atoms with E-state index < -0.39 is 5.91 Å². The smallest absolute Gasteiger partial charge is 0.271 e. The molecule has 0 saturated carbocycles. The third-order valence-electron chi connectivity index (χ3n) is 5.80. The van der Waals surface area contributed by atoms with Gasteiger partial charge in [0.1, 0.15) is 11.2 Å². The van der Waals surface area contributed by atoms with Crippen molar-refractivity contribution in [1.29, 1.82) is 0 Å². The first-order chi connectivity index (χ1) is 16.0. The number of carbonyl (C=O) groups is 1. The summed E-state index contributed by atoms with van der Waals surface area (Å²) in [7, 11) is 3.63. The number of amides is 1. The van der Waals surface area contributed by atoms with Crippen LogP contribution < -0.4 is 16.4 Å². The third-order valence-corrected chi connectivity index (χ3v) is 5.80. The van der Waals surface area contributed by atoms with Crippen molar-refractivity contribution in [2.24, 2.45) is 12.8 Å². The van der Waals surface area contributed by atoms with E-state index in [1.54, 1.807) is 32.0 Å². The number of anilines is 3. The second-order valence-electron chi connectivity index (χ2n) is 7.90. The van der Waals surface area contributed by atoms with Crippen LogP contribution in [-0.4, -0.2) is 53.9 Å². The van der Waals surface area contributed by atoms with E-state index in [1.165, 1.54) is 0 Å². The fourth-order valence-corrected chi connectivity index (χ4v) is 4.03. The average Bonchev–Trinajstić information content (AvgIpc) is 3.41. The highest BCUT2D eigenvalue weighted by molar-refractivity contribution is 5.99. The predicted octanol–water partition coefficient (Wildman–Crippen LogP) is 2.04. The van der Waals surface area contributed by atoms with Crippen molar-refractivity contribution in [2.45, 2.75) is 20.0 Å². The Bertz CT molecular complexity index is 1380. The van der Waals surface area contributed by atoms with Crippen molar-refractivity contribution in [2.75, 3.05) is 24.2 Å². The summed E-state index contributed by atoms with van der Waals surface area (Å²) in [4.78, 5) is 37.2. The minimum absolute atomic E-state index is 0.0209. The number of rotatable bonds is 6. The standard InChI is InChI=1S/C22H24N10O/c1-4-32-9-12-5-13(6-26-15(12)10-32)28-22-19(20(23)33)29-18(21(24-2)30-22)14-7-25-8-16-17(14)27-11-31(16)3/h5-8,11H,4,9-10H2,1-3H3,(H2,23,33)(H2,24,28,30). The zero-order chi connectivity index (χ0) is 23.1. The zero-order valence-corrected chi connectivity index (χ0v) is 18.6. The highest BCUT2D eigenvalue weighted by atomic mass is 16.1. The molecule has 5 rings (SSSR count). The van der Waals surface area contributed by atoms with Crippen molar-refractivity contribution in [3.05, 3.63) is 47.9 Å². The Balaban J connectivity index is 1.58. The van der Waals surface area contributed by atoms with E-state index in [0.29, 0.717) is 28.3 Å². The molecule has 0 atom stereocenters. The number of aryl methyl sites for hydroxylation is 1. The molecule has 1 aliphatic heterocycles. The molecule has 0 spiro atoms. The van der Waals surface area contributed by atoms with Gasteiger partial charge in [-0.05, 0) is 18.2 Å². The summed E-state index contributed by atoms with van der Waals surface area (Å²) in [6.45, 7) is 4.76. The lowest BCUT2D eigenvalue weighted by atomic mass is 10.1. The first-order valence-corrected chi connectivity index (χ1v) is 10.6. The second kappa shape index (κ2) is 8.10. The molecule has 4 aromatic rings. The van der Waals surface area contributed by atoms with E-state index in [4.69, 9.17) is 5.73 Å². The maximum Gasteiger partial charge on any atom is 0.271 e. The van der Waals surface area contributed by atoms with Crippen LogP contribution in [0.4, 0.5) is 17.3 Å². The van der Waals surface area contributed by atoms with Crippen LogP contribution in [0.25, 0.3) is 22.3 Å². The number of hydrogen-bond acceptors (Lipinski definition) is 9. The number of nitrogens with zero attached hydrogens (tertiary/aromatic N) is 7. The average molecular weight is 445 g/mol. The van der Waals surface area contributed by atoms with E-state index in [1.807, 2.05) is 17.7 Å². The monoisotopic (exact) mass is 444 g/mol. The molecule has 1 aliphatic rings. The number of imidazole rings is 1. The van der Waals surface area contributed by atoms with Crippen LogP contribution in [0.2, 0.25) is 0 Å². The number of fused-ring (bicyclic) bond motifs is 2. The van der Waals surface area contributed by atoms with Gasteiger partial charge in [0, 0.05) is 33.4 Å². The lowest BCUT2D eigenvalue weighted by Gasteiger charge is -2.14. The van der Waals surface area contributed by atoms with Crippen LogP contribution in [0.15, 0.2) is 31.0 Å². The van der Waals surface area contributed by atoms with Gasteiger partial charge >= 0.3 is 0 Å². The number of carbonyl (C=O) groups excluding carboxylic acids is 1. The van der Waals surface area contributed by atoms with Gasteiger partial charge in [-0.15, -0.1) is 0 Å². The van der Waals surface area contributed by atoms with Gasteiger partial charge in [0.15, 0.2) is 17.3 Å². The van der Waals surface area contributed by atoms with E-state index in [2.05, 4.69) is 47.4 Å². The molecule has 168 valence electrons. The number of nitrogens with one attached hydrogen (secondary N) is 2. The van der Waals surface area contributed by atoms with Gasteiger partial charge in [0.25, 0.3) is 5.91 Å². The first kappa shape index (κ1) is 20.8. The number of nitrogens with two attached hydrogens (primary N) is 1. The molecule has 0 aromatic carbocycles. The van der Waals surface area contributed by atoms with Crippen molar-refractivity contribution < 1.29 is 4.79 Å². The Morgan fingerprint density at radius 3 is 2.76 bits per heavy atom. The molecule has 0 unspecified atom stereocenters. The van der Waals surface area contributed by atoms with Gasteiger partial charge < -0.3 is 20.9 Å². The molecule has 33 heavy (non-hydrogen) atoms. The van der Waals surface area contributed by atoms with Gasteiger partial charge in [0.2, 0.25) is 0 Å². The summed E-state index contributed by atoms with van der Waals surface area (Å²) < 4.78 is 1.86. The summed E-state index contributed by atoms with van der Waals surface area (Å²) >= 11 is 0. The molecule has 0 fully saturated rings. The van der Waals surface area contributed by atoms with E-state index in [9.17, 15) is 4.79 Å². The summed E-state index contributed by atoms with van der Waals surface area (Å²) in [6.07, 6.45) is 6.81. The van der Waals surface area contributed by atoms with E-state index in [0.717, 1.165) is 36.4 Å².